The van der Waals surface area contributed by atoms with Crippen LogP contribution in [0.3, 0.4) is 0 Å². The van der Waals surface area contributed by atoms with Crippen molar-refractivity contribution in [2.24, 2.45) is 0 Å². The van der Waals surface area contributed by atoms with Gasteiger partial charge in [0.05, 0.1) is 12.8 Å². The average Bonchev–Trinajstić information content (AvgIpc) is 2.41. The Kier molecular flexibility index (Phi) is 3.67. The number of benzene rings is 1. The highest BCUT2D eigenvalue weighted by atomic mass is 16.5. The molecule has 0 saturated carbocycles. The van der Waals surface area contributed by atoms with Crippen LogP contribution in [-0.2, 0) is 13.0 Å². The molecule has 0 saturated heterocycles. The maximum Gasteiger partial charge on any atom is 0.273 e. The quantitative estimate of drug-likeness (QED) is 0.890. The summed E-state index contributed by atoms with van der Waals surface area (Å²) in [6.45, 7) is 0.621. The highest BCUT2D eigenvalue weighted by molar-refractivity contribution is 5.33. The summed E-state index contributed by atoms with van der Waals surface area (Å²) in [6.07, 6.45) is 2.54. The van der Waals surface area contributed by atoms with E-state index in [-0.39, 0.29) is 11.2 Å². The molecule has 0 fully saturated rings. The number of ether oxygens (including phenoxy) is 1. The van der Waals surface area contributed by atoms with Crippen molar-refractivity contribution < 1.29 is 4.74 Å². The van der Waals surface area contributed by atoms with Crippen molar-refractivity contribution in [3.8, 4) is 5.75 Å². The van der Waals surface area contributed by atoms with E-state index in [4.69, 9.17) is 10.5 Å². The van der Waals surface area contributed by atoms with Crippen molar-refractivity contribution in [2.45, 2.75) is 13.0 Å². The molecule has 2 rings (SSSR count). The number of anilines is 1. The first-order chi connectivity index (χ1) is 8.70. The number of aromatic nitrogens is 1. The molecule has 0 amide bonds. The number of hydrogen-bond acceptors (Lipinski definition) is 3. The van der Waals surface area contributed by atoms with Crippen molar-refractivity contribution in [3.63, 3.8) is 0 Å². The molecular formula is C14H16N2O2. The van der Waals surface area contributed by atoms with E-state index in [1.54, 1.807) is 30.0 Å². The highest BCUT2D eigenvalue weighted by Crippen LogP contribution is 2.11. The van der Waals surface area contributed by atoms with Gasteiger partial charge < -0.3 is 15.0 Å². The summed E-state index contributed by atoms with van der Waals surface area (Å²) in [6, 6.07) is 11.2. The minimum Gasteiger partial charge on any atom is -0.497 e. The lowest BCUT2D eigenvalue weighted by molar-refractivity contribution is 0.414. The zero-order chi connectivity index (χ0) is 13.0. The molecule has 0 aliphatic rings. The van der Waals surface area contributed by atoms with Gasteiger partial charge in [0.2, 0.25) is 0 Å². The predicted octanol–water partition coefficient (Wildman–Crippen LogP) is 1.68. The Bertz CT molecular complexity index is 573. The van der Waals surface area contributed by atoms with Crippen LogP contribution in [0.25, 0.3) is 0 Å². The summed E-state index contributed by atoms with van der Waals surface area (Å²) in [5.41, 5.74) is 6.89. The first kappa shape index (κ1) is 12.2. The van der Waals surface area contributed by atoms with Gasteiger partial charge in [-0.05, 0) is 36.2 Å². The Morgan fingerprint density at radius 2 is 1.94 bits per heavy atom. The predicted molar refractivity (Wildman–Crippen MR) is 71.8 cm³/mol. The molecule has 4 heteroatoms. The molecule has 0 radical (unpaired) electrons. The van der Waals surface area contributed by atoms with Gasteiger partial charge >= 0.3 is 0 Å². The maximum absolute atomic E-state index is 11.7. The minimum absolute atomic E-state index is 0.133. The summed E-state index contributed by atoms with van der Waals surface area (Å²) in [5, 5.41) is 0. The number of rotatable bonds is 4. The smallest absolute Gasteiger partial charge is 0.273 e. The molecule has 0 aliphatic heterocycles. The van der Waals surface area contributed by atoms with E-state index in [2.05, 4.69) is 0 Å². The fourth-order valence-electron chi connectivity index (χ4n) is 1.77. The molecule has 0 unspecified atom stereocenters. The first-order valence-corrected chi connectivity index (χ1v) is 5.78. The number of hydrogen-bond donors (Lipinski definition) is 1. The maximum atomic E-state index is 11.7. The van der Waals surface area contributed by atoms with Crippen molar-refractivity contribution >= 4 is 5.69 Å². The van der Waals surface area contributed by atoms with Crippen molar-refractivity contribution in [1.82, 2.24) is 4.57 Å². The van der Waals surface area contributed by atoms with Crippen LogP contribution >= 0.6 is 0 Å². The summed E-state index contributed by atoms with van der Waals surface area (Å²) < 4.78 is 6.72. The highest BCUT2D eigenvalue weighted by Gasteiger charge is 2.00. The third-order valence-corrected chi connectivity index (χ3v) is 2.85. The largest absolute Gasteiger partial charge is 0.497 e. The first-order valence-electron chi connectivity index (χ1n) is 5.78. The molecule has 1 aromatic heterocycles. The van der Waals surface area contributed by atoms with Gasteiger partial charge in [0.1, 0.15) is 5.75 Å². The minimum atomic E-state index is -0.133. The number of aryl methyl sites for hydroxylation is 2. The Balaban J connectivity index is 2.07. The van der Waals surface area contributed by atoms with Gasteiger partial charge in [-0.1, -0.05) is 12.1 Å². The van der Waals surface area contributed by atoms with Gasteiger partial charge in [-0.15, -0.1) is 0 Å². The average molecular weight is 244 g/mol. The lowest BCUT2D eigenvalue weighted by Gasteiger charge is -2.07. The van der Waals surface area contributed by atoms with E-state index in [9.17, 15) is 4.79 Å². The standard InChI is InChI=1S/C14H16N2O2/c1-18-12-6-4-11(5-7-12)8-10-16-9-2-3-13(15)14(16)17/h2-7,9H,8,10,15H2,1H3. The number of pyridine rings is 1. The van der Waals surface area contributed by atoms with E-state index in [0.29, 0.717) is 6.54 Å². The summed E-state index contributed by atoms with van der Waals surface area (Å²) >= 11 is 0. The number of nitrogens with two attached hydrogens (primary N) is 1. The van der Waals surface area contributed by atoms with Gasteiger partial charge in [0.15, 0.2) is 0 Å². The molecule has 2 N–H and O–H groups in total. The van der Waals surface area contributed by atoms with Crippen molar-refractivity contribution in [3.05, 3.63) is 58.5 Å². The van der Waals surface area contributed by atoms with Crippen LogP contribution in [-0.4, -0.2) is 11.7 Å². The van der Waals surface area contributed by atoms with Crippen LogP contribution < -0.4 is 16.0 Å². The van der Waals surface area contributed by atoms with Crippen LogP contribution in [0, 0.1) is 0 Å². The molecule has 0 spiro atoms. The second-order valence-electron chi connectivity index (χ2n) is 4.06. The summed E-state index contributed by atoms with van der Waals surface area (Å²) in [5.74, 6) is 0.833. The molecule has 0 bridgehead atoms. The van der Waals surface area contributed by atoms with Gasteiger partial charge in [0, 0.05) is 12.7 Å². The van der Waals surface area contributed by atoms with Gasteiger partial charge in [-0.3, -0.25) is 4.79 Å². The molecule has 2 aromatic rings. The SMILES string of the molecule is COc1ccc(CCn2cccc(N)c2=O)cc1. The molecule has 0 aliphatic carbocycles. The van der Waals surface area contributed by atoms with Gasteiger partial charge in [-0.25, -0.2) is 0 Å². The third-order valence-electron chi connectivity index (χ3n) is 2.85. The van der Waals surface area contributed by atoms with E-state index in [1.165, 1.54) is 0 Å². The van der Waals surface area contributed by atoms with Crippen LogP contribution in [0.1, 0.15) is 5.56 Å². The van der Waals surface area contributed by atoms with E-state index in [0.717, 1.165) is 17.7 Å². The molecule has 1 aromatic carbocycles. The number of methoxy groups -OCH3 is 1. The fraction of sp³-hybridized carbons (Fsp3) is 0.214. The Morgan fingerprint density at radius 1 is 1.22 bits per heavy atom. The topological polar surface area (TPSA) is 57.2 Å². The summed E-state index contributed by atoms with van der Waals surface area (Å²) in [7, 11) is 1.64. The molecule has 94 valence electrons. The van der Waals surface area contributed by atoms with Crippen molar-refractivity contribution in [2.75, 3.05) is 12.8 Å². The molecule has 0 atom stereocenters. The Hall–Kier alpha value is -2.23. The zero-order valence-electron chi connectivity index (χ0n) is 10.3. The molecule has 18 heavy (non-hydrogen) atoms. The van der Waals surface area contributed by atoms with Gasteiger partial charge in [-0.2, -0.15) is 0 Å². The van der Waals surface area contributed by atoms with Crippen LogP contribution in [0.2, 0.25) is 0 Å². The second-order valence-corrected chi connectivity index (χ2v) is 4.06. The fourth-order valence-corrected chi connectivity index (χ4v) is 1.77. The lowest BCUT2D eigenvalue weighted by atomic mass is 10.1. The number of nitrogen functional groups attached to an aromatic ring is 1. The van der Waals surface area contributed by atoms with Crippen LogP contribution in [0.15, 0.2) is 47.4 Å². The van der Waals surface area contributed by atoms with Crippen LogP contribution in [0.4, 0.5) is 5.69 Å². The summed E-state index contributed by atoms with van der Waals surface area (Å²) in [4.78, 5) is 11.7. The van der Waals surface area contributed by atoms with E-state index in [1.807, 2.05) is 24.3 Å². The van der Waals surface area contributed by atoms with Gasteiger partial charge in [0.25, 0.3) is 5.56 Å². The van der Waals surface area contributed by atoms with Crippen molar-refractivity contribution in [1.29, 1.82) is 0 Å². The monoisotopic (exact) mass is 244 g/mol. The Morgan fingerprint density at radius 3 is 2.61 bits per heavy atom. The van der Waals surface area contributed by atoms with E-state index < -0.39 is 0 Å². The Labute approximate surface area is 106 Å². The molecule has 4 nitrogen and oxygen atoms in total. The third kappa shape index (κ3) is 2.71. The normalized spacial score (nSPS) is 10.3. The van der Waals surface area contributed by atoms with E-state index >= 15 is 0 Å². The molecular weight excluding hydrogens is 228 g/mol. The lowest BCUT2D eigenvalue weighted by Crippen LogP contribution is -2.22. The number of nitrogens with zero attached hydrogens (tertiary/aromatic N) is 1. The second kappa shape index (κ2) is 5.40. The van der Waals surface area contributed by atoms with Crippen LogP contribution in [0.5, 0.6) is 5.75 Å². The molecule has 1 heterocycles. The zero-order valence-corrected chi connectivity index (χ0v) is 10.3.